The largest absolute Gasteiger partial charge is 0.462 e. The van der Waals surface area contributed by atoms with Gasteiger partial charge >= 0.3 is 17.9 Å². The summed E-state index contributed by atoms with van der Waals surface area (Å²) in [6.07, 6.45) is 73.5. The van der Waals surface area contributed by atoms with Crippen molar-refractivity contribution < 1.29 is 28.6 Å². The first-order valence-corrected chi connectivity index (χ1v) is 30.3. The molecule has 0 aliphatic rings. The van der Waals surface area contributed by atoms with E-state index in [0.29, 0.717) is 19.3 Å². The van der Waals surface area contributed by atoms with Crippen molar-refractivity contribution in [1.82, 2.24) is 0 Å². The van der Waals surface area contributed by atoms with Crippen LogP contribution in [-0.4, -0.2) is 37.2 Å². The van der Waals surface area contributed by atoms with Gasteiger partial charge in [-0.3, -0.25) is 14.4 Å². The average Bonchev–Trinajstić information content (AvgIpc) is 3.36. The maximum absolute atomic E-state index is 12.9. The minimum absolute atomic E-state index is 0.0783. The van der Waals surface area contributed by atoms with Crippen molar-refractivity contribution in [3.63, 3.8) is 0 Å². The highest BCUT2D eigenvalue weighted by atomic mass is 16.6. The maximum Gasteiger partial charge on any atom is 0.306 e. The van der Waals surface area contributed by atoms with E-state index in [1.54, 1.807) is 0 Å². The molecule has 0 bridgehead atoms. The van der Waals surface area contributed by atoms with Gasteiger partial charge in [0.25, 0.3) is 0 Å². The van der Waals surface area contributed by atoms with Crippen molar-refractivity contribution in [2.24, 2.45) is 0 Å². The molecule has 70 heavy (non-hydrogen) atoms. The smallest absolute Gasteiger partial charge is 0.306 e. The number of allylic oxidation sites excluding steroid dienone is 10. The zero-order chi connectivity index (χ0) is 50.7. The second-order valence-electron chi connectivity index (χ2n) is 20.2. The van der Waals surface area contributed by atoms with Gasteiger partial charge in [-0.25, -0.2) is 0 Å². The number of carbonyl (C=O) groups excluding carboxylic acids is 3. The zero-order valence-corrected chi connectivity index (χ0v) is 46.5. The molecule has 0 aliphatic heterocycles. The van der Waals surface area contributed by atoms with Gasteiger partial charge in [-0.15, -0.1) is 0 Å². The van der Waals surface area contributed by atoms with Crippen LogP contribution in [0.4, 0.5) is 0 Å². The molecule has 0 fully saturated rings. The van der Waals surface area contributed by atoms with E-state index in [2.05, 4.69) is 81.5 Å². The van der Waals surface area contributed by atoms with Crippen molar-refractivity contribution in [1.29, 1.82) is 0 Å². The summed E-state index contributed by atoms with van der Waals surface area (Å²) in [6.45, 7) is 6.54. The van der Waals surface area contributed by atoms with Crippen molar-refractivity contribution in [3.05, 3.63) is 60.8 Å². The van der Waals surface area contributed by atoms with Crippen LogP contribution in [-0.2, 0) is 28.6 Å². The predicted octanol–water partition coefficient (Wildman–Crippen LogP) is 20.4. The van der Waals surface area contributed by atoms with Gasteiger partial charge < -0.3 is 14.2 Å². The predicted molar refractivity (Wildman–Crippen MR) is 302 cm³/mol. The van der Waals surface area contributed by atoms with Crippen molar-refractivity contribution in [2.45, 2.75) is 316 Å². The van der Waals surface area contributed by atoms with Crippen LogP contribution in [0.2, 0.25) is 0 Å². The summed E-state index contributed by atoms with van der Waals surface area (Å²) in [6, 6.07) is 0. The Morgan fingerprint density at radius 3 is 0.900 bits per heavy atom. The van der Waals surface area contributed by atoms with E-state index in [4.69, 9.17) is 14.2 Å². The Morgan fingerprint density at radius 2 is 0.557 bits per heavy atom. The van der Waals surface area contributed by atoms with Crippen LogP contribution in [0.3, 0.4) is 0 Å². The maximum atomic E-state index is 12.9. The fraction of sp³-hybridized carbons (Fsp3) is 0.797. The number of ether oxygens (including phenoxy) is 3. The summed E-state index contributed by atoms with van der Waals surface area (Å²) in [5.74, 6) is -0.880. The minimum Gasteiger partial charge on any atom is -0.462 e. The number of hydrogen-bond acceptors (Lipinski definition) is 6. The Hall–Kier alpha value is -2.89. The van der Waals surface area contributed by atoms with Crippen LogP contribution in [0.25, 0.3) is 0 Å². The third-order valence-corrected chi connectivity index (χ3v) is 13.3. The van der Waals surface area contributed by atoms with Crippen LogP contribution in [0.1, 0.15) is 310 Å². The molecule has 0 heterocycles. The van der Waals surface area contributed by atoms with Crippen molar-refractivity contribution >= 4 is 17.9 Å². The van der Waals surface area contributed by atoms with Gasteiger partial charge in [-0.2, -0.15) is 0 Å². The monoisotopic (exact) mass is 979 g/mol. The van der Waals surface area contributed by atoms with Gasteiger partial charge in [-0.05, 0) is 83.5 Å². The molecule has 0 radical (unpaired) electrons. The van der Waals surface area contributed by atoms with E-state index in [0.717, 1.165) is 89.9 Å². The highest BCUT2D eigenvalue weighted by molar-refractivity contribution is 5.71. The molecular formula is C64H114O6. The quantitative estimate of drug-likeness (QED) is 0.0261. The van der Waals surface area contributed by atoms with Crippen LogP contribution in [0.5, 0.6) is 0 Å². The molecular weight excluding hydrogens is 865 g/mol. The molecule has 0 aromatic rings. The van der Waals surface area contributed by atoms with Crippen LogP contribution in [0, 0.1) is 0 Å². The van der Waals surface area contributed by atoms with Gasteiger partial charge in [0.15, 0.2) is 6.10 Å². The summed E-state index contributed by atoms with van der Waals surface area (Å²) in [7, 11) is 0. The normalized spacial score (nSPS) is 12.4. The number of esters is 3. The number of unbranched alkanes of at least 4 members (excludes halogenated alkanes) is 34. The first-order chi connectivity index (χ1) is 34.5. The fourth-order valence-corrected chi connectivity index (χ4v) is 8.72. The third kappa shape index (κ3) is 56.0. The second kappa shape index (κ2) is 58.7. The van der Waals surface area contributed by atoms with E-state index >= 15 is 0 Å². The Bertz CT molecular complexity index is 1260. The molecule has 6 heteroatoms. The van der Waals surface area contributed by atoms with Gasteiger partial charge in [0.2, 0.25) is 0 Å². The van der Waals surface area contributed by atoms with E-state index < -0.39 is 6.10 Å². The van der Waals surface area contributed by atoms with Gasteiger partial charge in [0.1, 0.15) is 13.2 Å². The number of rotatable bonds is 55. The molecule has 0 spiro atoms. The van der Waals surface area contributed by atoms with Crippen LogP contribution >= 0.6 is 0 Å². The van der Waals surface area contributed by atoms with Crippen LogP contribution in [0.15, 0.2) is 60.8 Å². The SMILES string of the molecule is CC/C=C\C/C=C\C/C=C\C/C=C\CCCCCCCCC(=O)OCC(COC(=O)CCCCCCCCC/C=C\CCCCCC)OC(=O)CCCCCCCCCCCCCCCCCCCC. The molecule has 0 amide bonds. The molecule has 0 aromatic heterocycles. The molecule has 0 saturated carbocycles. The van der Waals surface area contributed by atoms with E-state index in [1.807, 2.05) is 0 Å². The third-order valence-electron chi connectivity index (χ3n) is 13.3. The van der Waals surface area contributed by atoms with Crippen molar-refractivity contribution in [2.75, 3.05) is 13.2 Å². The standard InChI is InChI=1S/C64H114O6/c1-4-7-10-13-16-19-22-25-28-30-32-34-36-39-42-45-48-51-54-57-63(66)69-60-61(59-68-62(65)56-53-50-47-44-41-38-35-27-24-21-18-15-12-9-6-3)70-64(67)58-55-52-49-46-43-40-37-33-31-29-26-23-20-17-14-11-8-5-2/h7,10,16,19,21,24-25,28,32,34,61H,4-6,8-9,11-15,17-18,20,22-23,26-27,29-31,33,35-60H2,1-3H3/b10-7-,19-16-,24-21-,28-25-,34-32-. The lowest BCUT2D eigenvalue weighted by Gasteiger charge is -2.18. The van der Waals surface area contributed by atoms with Gasteiger partial charge in [0, 0.05) is 19.3 Å². The highest BCUT2D eigenvalue weighted by Crippen LogP contribution is 2.17. The Balaban J connectivity index is 4.38. The summed E-state index contributed by atoms with van der Waals surface area (Å²) < 4.78 is 16.9. The van der Waals surface area contributed by atoms with E-state index in [9.17, 15) is 14.4 Å². The summed E-state index contributed by atoms with van der Waals surface area (Å²) >= 11 is 0. The number of carbonyl (C=O) groups is 3. The summed E-state index contributed by atoms with van der Waals surface area (Å²) in [4.78, 5) is 38.2. The minimum atomic E-state index is -0.781. The summed E-state index contributed by atoms with van der Waals surface area (Å²) in [5, 5.41) is 0. The van der Waals surface area contributed by atoms with E-state index in [1.165, 1.54) is 180 Å². The molecule has 0 N–H and O–H groups in total. The molecule has 1 atom stereocenters. The lowest BCUT2D eigenvalue weighted by atomic mass is 10.0. The Kier molecular flexibility index (Phi) is 56.3. The van der Waals surface area contributed by atoms with Gasteiger partial charge in [0.05, 0.1) is 0 Å². The van der Waals surface area contributed by atoms with Gasteiger partial charge in [-0.1, -0.05) is 268 Å². The molecule has 0 aliphatic carbocycles. The molecule has 406 valence electrons. The molecule has 0 saturated heterocycles. The molecule has 6 nitrogen and oxygen atoms in total. The first kappa shape index (κ1) is 67.1. The van der Waals surface area contributed by atoms with E-state index in [-0.39, 0.29) is 31.1 Å². The molecule has 1 unspecified atom stereocenters. The lowest BCUT2D eigenvalue weighted by molar-refractivity contribution is -0.167. The van der Waals surface area contributed by atoms with Crippen LogP contribution < -0.4 is 0 Å². The fourth-order valence-electron chi connectivity index (χ4n) is 8.72. The lowest BCUT2D eigenvalue weighted by Crippen LogP contribution is -2.30. The Labute approximate surface area is 434 Å². The highest BCUT2D eigenvalue weighted by Gasteiger charge is 2.19. The van der Waals surface area contributed by atoms with Crippen molar-refractivity contribution in [3.8, 4) is 0 Å². The number of hydrogen-bond donors (Lipinski definition) is 0. The topological polar surface area (TPSA) is 78.9 Å². The second-order valence-corrected chi connectivity index (χ2v) is 20.2. The molecule has 0 rings (SSSR count). The zero-order valence-electron chi connectivity index (χ0n) is 46.5. The summed E-state index contributed by atoms with van der Waals surface area (Å²) in [5.41, 5.74) is 0. The molecule has 0 aromatic carbocycles. The first-order valence-electron chi connectivity index (χ1n) is 30.3. The average molecular weight is 980 g/mol. The Morgan fingerprint density at radius 1 is 0.300 bits per heavy atom.